The van der Waals surface area contributed by atoms with E-state index in [9.17, 15) is 9.90 Å². The Morgan fingerprint density at radius 1 is 1.18 bits per heavy atom. The van der Waals surface area contributed by atoms with Gasteiger partial charge >= 0.3 is 5.97 Å². The van der Waals surface area contributed by atoms with Gasteiger partial charge in [-0.05, 0) is 18.3 Å². The van der Waals surface area contributed by atoms with Gasteiger partial charge in [-0.1, -0.05) is 6.92 Å². The second kappa shape index (κ2) is 6.08. The van der Waals surface area contributed by atoms with Crippen LogP contribution in [0.15, 0.2) is 25.0 Å². The average molecular weight is 312 g/mol. The molecule has 0 aromatic carbocycles. The summed E-state index contributed by atoms with van der Waals surface area (Å²) in [5, 5.41) is 10.3. The Balaban J connectivity index is 1.85. The summed E-state index contributed by atoms with van der Waals surface area (Å²) in [5.41, 5.74) is 0. The molecule has 0 radical (unpaired) electrons. The van der Waals surface area contributed by atoms with Crippen molar-refractivity contribution in [3.8, 4) is 0 Å². The van der Waals surface area contributed by atoms with Crippen LogP contribution in [0.3, 0.4) is 0 Å². The predicted molar refractivity (Wildman–Crippen MR) is 72.5 cm³/mol. The number of ether oxygens (including phenoxy) is 5. The Morgan fingerprint density at radius 2 is 1.77 bits per heavy atom. The van der Waals surface area contributed by atoms with Crippen LogP contribution in [0.1, 0.15) is 13.3 Å². The molecule has 3 aliphatic rings. The van der Waals surface area contributed by atoms with E-state index in [1.54, 1.807) is 0 Å². The van der Waals surface area contributed by atoms with Crippen LogP contribution in [0, 0.1) is 23.7 Å². The van der Waals surface area contributed by atoms with Crippen LogP contribution >= 0.6 is 0 Å². The van der Waals surface area contributed by atoms with Gasteiger partial charge in [-0.2, -0.15) is 0 Å². The summed E-state index contributed by atoms with van der Waals surface area (Å²) in [6.45, 7) is 1.92. The summed E-state index contributed by atoms with van der Waals surface area (Å²) in [4.78, 5) is 12.3. The Hall–Kier alpha value is -1.89. The first kappa shape index (κ1) is 15.0. The molecule has 5 atom stereocenters. The molecule has 2 heterocycles. The number of esters is 1. The Bertz CT molecular complexity index is 459. The van der Waals surface area contributed by atoms with Gasteiger partial charge in [0.25, 0.3) is 6.29 Å². The highest BCUT2D eigenvalue weighted by molar-refractivity contribution is 5.73. The van der Waals surface area contributed by atoms with E-state index < -0.39 is 30.6 Å². The summed E-state index contributed by atoms with van der Waals surface area (Å²) < 4.78 is 26.5. The number of carbonyl (C=O) groups excluding carboxylic acids is 1. The van der Waals surface area contributed by atoms with E-state index in [1.807, 2.05) is 6.92 Å². The zero-order valence-corrected chi connectivity index (χ0v) is 12.5. The minimum absolute atomic E-state index is 0.0866. The largest absolute Gasteiger partial charge is 0.469 e. The number of aliphatic hydroxyl groups excluding tert-OH is 1. The molecule has 0 spiro atoms. The van der Waals surface area contributed by atoms with Crippen molar-refractivity contribution < 1.29 is 33.6 Å². The highest BCUT2D eigenvalue weighted by Crippen LogP contribution is 2.47. The van der Waals surface area contributed by atoms with Gasteiger partial charge in [0.15, 0.2) is 0 Å². The van der Waals surface area contributed by atoms with Crippen LogP contribution in [0.4, 0.5) is 0 Å². The lowest BCUT2D eigenvalue weighted by Crippen LogP contribution is -2.42. The van der Waals surface area contributed by atoms with Crippen molar-refractivity contribution in [2.24, 2.45) is 23.7 Å². The molecule has 7 nitrogen and oxygen atoms in total. The molecule has 1 unspecified atom stereocenters. The molecule has 22 heavy (non-hydrogen) atoms. The summed E-state index contributed by atoms with van der Waals surface area (Å²) in [7, 11) is 1.33. The third kappa shape index (κ3) is 2.49. The highest BCUT2D eigenvalue weighted by Gasteiger charge is 2.54. The second-order valence-electron chi connectivity index (χ2n) is 5.78. The summed E-state index contributed by atoms with van der Waals surface area (Å²) in [6.07, 6.45) is 4.32. The number of rotatable bonds is 4. The maximum atomic E-state index is 12.3. The lowest BCUT2D eigenvalue weighted by Gasteiger charge is -2.32. The molecule has 0 saturated heterocycles. The van der Waals surface area contributed by atoms with Gasteiger partial charge in [0.2, 0.25) is 6.29 Å². The molecule has 0 amide bonds. The fourth-order valence-corrected chi connectivity index (χ4v) is 3.61. The van der Waals surface area contributed by atoms with Crippen molar-refractivity contribution >= 4 is 5.97 Å². The molecule has 1 fully saturated rings. The first-order chi connectivity index (χ1) is 10.6. The van der Waals surface area contributed by atoms with E-state index >= 15 is 0 Å². The Labute approximate surface area is 128 Å². The smallest absolute Gasteiger partial charge is 0.316 e. The molecule has 1 aliphatic carbocycles. The first-order valence-corrected chi connectivity index (χ1v) is 7.31. The van der Waals surface area contributed by atoms with E-state index in [4.69, 9.17) is 23.7 Å². The second-order valence-corrected chi connectivity index (χ2v) is 5.78. The molecular formula is C15H20O7. The lowest BCUT2D eigenvalue weighted by atomic mass is 9.80. The van der Waals surface area contributed by atoms with Crippen molar-refractivity contribution in [3.05, 3.63) is 25.0 Å². The van der Waals surface area contributed by atoms with E-state index in [2.05, 4.69) is 0 Å². The van der Waals surface area contributed by atoms with Gasteiger partial charge in [-0.3, -0.25) is 4.79 Å². The molecule has 0 aromatic heterocycles. The van der Waals surface area contributed by atoms with Crippen molar-refractivity contribution in [1.82, 2.24) is 0 Å². The molecule has 0 aromatic rings. The third-order valence-corrected chi connectivity index (χ3v) is 4.73. The molecule has 2 aliphatic heterocycles. The van der Waals surface area contributed by atoms with Gasteiger partial charge in [0, 0.05) is 5.92 Å². The minimum Gasteiger partial charge on any atom is -0.469 e. The van der Waals surface area contributed by atoms with E-state index in [1.165, 1.54) is 32.2 Å². The molecule has 7 heteroatoms. The molecule has 3 rings (SSSR count). The fraction of sp³-hybridized carbons (Fsp3) is 0.667. The number of hydrogen-bond donors (Lipinski definition) is 1. The van der Waals surface area contributed by atoms with E-state index in [0.29, 0.717) is 6.42 Å². The van der Waals surface area contributed by atoms with Crippen molar-refractivity contribution in [3.63, 3.8) is 0 Å². The molecule has 0 bridgehead atoms. The number of aliphatic hydroxyl groups is 1. The summed E-state index contributed by atoms with van der Waals surface area (Å²) in [5.74, 6) is -1.61. The van der Waals surface area contributed by atoms with Crippen LogP contribution < -0.4 is 0 Å². The lowest BCUT2D eigenvalue weighted by molar-refractivity contribution is -0.172. The topological polar surface area (TPSA) is 83.5 Å². The molecule has 122 valence electrons. The molecular weight excluding hydrogens is 292 g/mol. The van der Waals surface area contributed by atoms with Crippen LogP contribution in [0.25, 0.3) is 0 Å². The van der Waals surface area contributed by atoms with Gasteiger partial charge in [0.05, 0.1) is 13.2 Å². The van der Waals surface area contributed by atoms with Crippen molar-refractivity contribution in [2.45, 2.75) is 32.0 Å². The van der Waals surface area contributed by atoms with Crippen LogP contribution in [-0.2, 0) is 28.5 Å². The zero-order chi connectivity index (χ0) is 15.7. The maximum Gasteiger partial charge on any atom is 0.316 e. The molecule has 1 N–H and O–H groups in total. The number of hydrogen-bond acceptors (Lipinski definition) is 7. The van der Waals surface area contributed by atoms with Crippen molar-refractivity contribution in [1.29, 1.82) is 0 Å². The van der Waals surface area contributed by atoms with Gasteiger partial charge < -0.3 is 28.8 Å². The normalized spacial score (nSPS) is 35.6. The fourth-order valence-electron chi connectivity index (χ4n) is 3.61. The van der Waals surface area contributed by atoms with E-state index in [0.717, 1.165) is 0 Å². The minimum atomic E-state index is -0.758. The predicted octanol–water partition coefficient (Wildman–Crippen LogP) is 1.10. The summed E-state index contributed by atoms with van der Waals surface area (Å²) in [6, 6.07) is 0. The SMILES string of the molecule is COC(=O)C(C1OC=CO1)[C@@H]1C[C@@H](O)[C@@H](C)[C@@H]1C1OC=CO1. The van der Waals surface area contributed by atoms with Gasteiger partial charge in [-0.25, -0.2) is 0 Å². The summed E-state index contributed by atoms with van der Waals surface area (Å²) >= 11 is 0. The Kier molecular flexibility index (Phi) is 4.15. The van der Waals surface area contributed by atoms with Crippen molar-refractivity contribution in [2.75, 3.05) is 7.11 Å². The first-order valence-electron chi connectivity index (χ1n) is 7.31. The van der Waals surface area contributed by atoms with Gasteiger partial charge in [0.1, 0.15) is 31.0 Å². The maximum absolute atomic E-state index is 12.3. The number of methoxy groups -OCH3 is 1. The Morgan fingerprint density at radius 3 is 2.36 bits per heavy atom. The van der Waals surface area contributed by atoms with Gasteiger partial charge in [-0.15, -0.1) is 0 Å². The van der Waals surface area contributed by atoms with Crippen LogP contribution in [0.5, 0.6) is 0 Å². The zero-order valence-electron chi connectivity index (χ0n) is 12.5. The van der Waals surface area contributed by atoms with E-state index in [-0.39, 0.29) is 17.8 Å². The van der Waals surface area contributed by atoms with Crippen LogP contribution in [-0.4, -0.2) is 36.9 Å². The van der Waals surface area contributed by atoms with Crippen LogP contribution in [0.2, 0.25) is 0 Å². The quantitative estimate of drug-likeness (QED) is 0.778. The standard InChI is InChI=1S/C15H20O7/c1-8-10(16)7-9(11(8)14-19-3-4-20-14)12(13(17)18-2)15-21-5-6-22-15/h3-6,8-12,14-16H,7H2,1-2H3/t8-,9-,10-,11+,12?/m1/s1. The molecule has 1 saturated carbocycles. The monoisotopic (exact) mass is 312 g/mol. The average Bonchev–Trinajstić information content (AvgIpc) is 3.23. The third-order valence-electron chi connectivity index (χ3n) is 4.73. The number of carbonyl (C=O) groups is 1. The highest BCUT2D eigenvalue weighted by atomic mass is 16.7.